The Morgan fingerprint density at radius 3 is 2.50 bits per heavy atom. The Kier molecular flexibility index (Phi) is 3.84. The second-order valence-electron chi connectivity index (χ2n) is 4.24. The fraction of sp³-hybridized carbons (Fsp3) is 0.231. The normalized spacial score (nSPS) is 18.2. The van der Waals surface area contributed by atoms with Crippen molar-refractivity contribution in [1.29, 1.82) is 0 Å². The van der Waals surface area contributed by atoms with Gasteiger partial charge in [0, 0.05) is 0 Å². The van der Waals surface area contributed by atoms with Crippen molar-refractivity contribution in [3.05, 3.63) is 40.8 Å². The van der Waals surface area contributed by atoms with Crippen LogP contribution in [0.4, 0.5) is 4.79 Å². The van der Waals surface area contributed by atoms with Gasteiger partial charge in [0.1, 0.15) is 0 Å². The third kappa shape index (κ3) is 2.80. The molecular weight excluding hydrogens is 248 g/mol. The average molecular weight is 262 g/mol. The fourth-order valence-electron chi connectivity index (χ4n) is 1.61. The van der Waals surface area contributed by atoms with Crippen molar-refractivity contribution < 1.29 is 9.59 Å². The maximum atomic E-state index is 12.0. The van der Waals surface area contributed by atoms with Crippen LogP contribution in [0.25, 0.3) is 6.08 Å². The van der Waals surface area contributed by atoms with E-state index in [0.717, 1.165) is 17.3 Å². The molecule has 2 rings (SSSR count). The highest BCUT2D eigenvalue weighted by Crippen LogP contribution is 2.31. The standard InChI is InChI=1S/C13H14N2O2S/c1-14(2)9-15-12(16)11(18-13(15)17)8-10-6-4-3-5-7-10/h3-8H,9H2,1-2H3/b11-8+. The van der Waals surface area contributed by atoms with Gasteiger partial charge < -0.3 is 0 Å². The molecule has 0 unspecified atom stereocenters. The molecule has 0 spiro atoms. The van der Waals surface area contributed by atoms with Gasteiger partial charge in [0.2, 0.25) is 0 Å². The summed E-state index contributed by atoms with van der Waals surface area (Å²) in [6, 6.07) is 9.51. The first-order chi connectivity index (χ1) is 8.58. The summed E-state index contributed by atoms with van der Waals surface area (Å²) in [4.78, 5) is 27.3. The van der Waals surface area contributed by atoms with Gasteiger partial charge in [-0.3, -0.25) is 19.4 Å². The summed E-state index contributed by atoms with van der Waals surface area (Å²) >= 11 is 0.990. The van der Waals surface area contributed by atoms with E-state index in [1.54, 1.807) is 11.0 Å². The molecule has 0 aliphatic carbocycles. The second-order valence-corrected chi connectivity index (χ2v) is 5.23. The van der Waals surface area contributed by atoms with E-state index in [4.69, 9.17) is 0 Å². The maximum Gasteiger partial charge on any atom is 0.294 e. The molecule has 0 bridgehead atoms. The molecule has 0 aromatic heterocycles. The van der Waals surface area contributed by atoms with Gasteiger partial charge in [-0.15, -0.1) is 0 Å². The van der Waals surface area contributed by atoms with Crippen LogP contribution in [0.5, 0.6) is 0 Å². The quantitative estimate of drug-likeness (QED) is 0.783. The summed E-state index contributed by atoms with van der Waals surface area (Å²) in [5.74, 6) is -0.220. The van der Waals surface area contributed by atoms with Crippen LogP contribution in [0.3, 0.4) is 0 Å². The van der Waals surface area contributed by atoms with E-state index < -0.39 is 0 Å². The number of carbonyl (C=O) groups excluding carboxylic acids is 2. The largest absolute Gasteiger partial charge is 0.294 e. The molecule has 1 aliphatic rings. The van der Waals surface area contributed by atoms with Crippen molar-refractivity contribution in [2.45, 2.75) is 0 Å². The third-order valence-corrected chi connectivity index (χ3v) is 3.30. The molecule has 0 atom stereocenters. The van der Waals surface area contributed by atoms with Crippen LogP contribution in [0.2, 0.25) is 0 Å². The van der Waals surface area contributed by atoms with Gasteiger partial charge in [0.15, 0.2) is 0 Å². The maximum absolute atomic E-state index is 12.0. The molecule has 1 aliphatic heterocycles. The SMILES string of the molecule is CN(C)CN1C(=O)S/C(=C/c2ccccc2)C1=O. The zero-order chi connectivity index (χ0) is 13.1. The zero-order valence-electron chi connectivity index (χ0n) is 10.3. The second kappa shape index (κ2) is 5.37. The van der Waals surface area contributed by atoms with Crippen molar-refractivity contribution in [2.75, 3.05) is 20.8 Å². The van der Waals surface area contributed by atoms with E-state index in [2.05, 4.69) is 0 Å². The van der Waals surface area contributed by atoms with Crippen LogP contribution in [-0.4, -0.2) is 41.7 Å². The number of benzene rings is 1. The van der Waals surface area contributed by atoms with E-state index in [9.17, 15) is 9.59 Å². The molecule has 1 aromatic carbocycles. The summed E-state index contributed by atoms with van der Waals surface area (Å²) in [6.07, 6.45) is 1.75. The van der Waals surface area contributed by atoms with E-state index in [0.29, 0.717) is 11.6 Å². The van der Waals surface area contributed by atoms with Crippen LogP contribution >= 0.6 is 11.8 Å². The van der Waals surface area contributed by atoms with Gasteiger partial charge in [-0.2, -0.15) is 0 Å². The number of amides is 2. The highest BCUT2D eigenvalue weighted by Gasteiger charge is 2.34. The first-order valence-corrected chi connectivity index (χ1v) is 6.35. The number of imide groups is 1. The van der Waals surface area contributed by atoms with Gasteiger partial charge in [0.25, 0.3) is 11.1 Å². The first kappa shape index (κ1) is 12.9. The molecule has 0 radical (unpaired) electrons. The lowest BCUT2D eigenvalue weighted by atomic mass is 10.2. The topological polar surface area (TPSA) is 40.6 Å². The molecule has 1 saturated heterocycles. The van der Waals surface area contributed by atoms with Crippen molar-refractivity contribution in [2.24, 2.45) is 0 Å². The fourth-order valence-corrected chi connectivity index (χ4v) is 2.44. The van der Waals surface area contributed by atoms with Crippen LogP contribution in [0, 0.1) is 0 Å². The van der Waals surface area contributed by atoms with E-state index in [1.165, 1.54) is 4.90 Å². The summed E-state index contributed by atoms with van der Waals surface area (Å²) in [7, 11) is 3.65. The molecule has 1 aromatic rings. The summed E-state index contributed by atoms with van der Waals surface area (Å²) < 4.78 is 0. The molecule has 2 amide bonds. The molecule has 0 saturated carbocycles. The number of hydrogen-bond acceptors (Lipinski definition) is 4. The Bertz CT molecular complexity index is 497. The van der Waals surface area contributed by atoms with Crippen molar-refractivity contribution >= 4 is 29.0 Å². The molecule has 18 heavy (non-hydrogen) atoms. The van der Waals surface area contributed by atoms with Gasteiger partial charge in [-0.05, 0) is 37.5 Å². The third-order valence-electron chi connectivity index (χ3n) is 2.40. The van der Waals surface area contributed by atoms with Crippen LogP contribution < -0.4 is 0 Å². The van der Waals surface area contributed by atoms with E-state index in [1.807, 2.05) is 44.4 Å². The molecule has 0 N–H and O–H groups in total. The average Bonchev–Trinajstić information content (AvgIpc) is 2.58. The van der Waals surface area contributed by atoms with Gasteiger partial charge in [0.05, 0.1) is 11.6 Å². The molecule has 4 nitrogen and oxygen atoms in total. The Hall–Kier alpha value is -1.59. The summed E-state index contributed by atoms with van der Waals surface area (Å²) in [5, 5.41) is -0.212. The van der Waals surface area contributed by atoms with Crippen LogP contribution in [0.1, 0.15) is 5.56 Å². The van der Waals surface area contributed by atoms with Crippen LogP contribution in [0.15, 0.2) is 35.2 Å². The van der Waals surface area contributed by atoms with Gasteiger partial charge in [-0.25, -0.2) is 0 Å². The van der Waals surface area contributed by atoms with E-state index in [-0.39, 0.29) is 11.1 Å². The van der Waals surface area contributed by atoms with Crippen molar-refractivity contribution in [1.82, 2.24) is 9.80 Å². The lowest BCUT2D eigenvalue weighted by Crippen LogP contribution is -2.36. The number of rotatable bonds is 3. The Balaban J connectivity index is 2.20. The summed E-state index contributed by atoms with van der Waals surface area (Å²) in [6.45, 7) is 0.316. The molecule has 1 heterocycles. The molecule has 1 fully saturated rings. The minimum absolute atomic E-state index is 0.212. The summed E-state index contributed by atoms with van der Waals surface area (Å²) in [5.41, 5.74) is 0.924. The minimum Gasteiger partial charge on any atom is -0.292 e. The Labute approximate surface area is 110 Å². The van der Waals surface area contributed by atoms with E-state index >= 15 is 0 Å². The molecule has 94 valence electrons. The lowest BCUT2D eigenvalue weighted by molar-refractivity contribution is -0.123. The van der Waals surface area contributed by atoms with Crippen LogP contribution in [-0.2, 0) is 4.79 Å². The number of carbonyl (C=O) groups is 2. The minimum atomic E-state index is -0.220. The van der Waals surface area contributed by atoms with Crippen molar-refractivity contribution in [3.8, 4) is 0 Å². The predicted octanol–water partition coefficient (Wildman–Crippen LogP) is 2.24. The lowest BCUT2D eigenvalue weighted by Gasteiger charge is -2.17. The predicted molar refractivity (Wildman–Crippen MR) is 72.8 cm³/mol. The number of nitrogens with zero attached hydrogens (tertiary/aromatic N) is 2. The first-order valence-electron chi connectivity index (χ1n) is 5.53. The monoisotopic (exact) mass is 262 g/mol. The highest BCUT2D eigenvalue weighted by molar-refractivity contribution is 8.18. The molecular formula is C13H14N2O2S. The Morgan fingerprint density at radius 2 is 1.89 bits per heavy atom. The van der Waals surface area contributed by atoms with Gasteiger partial charge in [-0.1, -0.05) is 30.3 Å². The zero-order valence-corrected chi connectivity index (χ0v) is 11.1. The smallest absolute Gasteiger partial charge is 0.292 e. The Morgan fingerprint density at radius 1 is 1.22 bits per heavy atom. The number of hydrogen-bond donors (Lipinski definition) is 0. The van der Waals surface area contributed by atoms with Crippen molar-refractivity contribution in [3.63, 3.8) is 0 Å². The number of thioether (sulfide) groups is 1. The van der Waals surface area contributed by atoms with Gasteiger partial charge >= 0.3 is 0 Å². The highest BCUT2D eigenvalue weighted by atomic mass is 32.2. The molecule has 5 heteroatoms.